The van der Waals surface area contributed by atoms with Gasteiger partial charge in [-0.25, -0.2) is 9.78 Å². The Bertz CT molecular complexity index is 475. The molecule has 0 spiro atoms. The smallest absolute Gasteiger partial charge is 0.354 e. The summed E-state index contributed by atoms with van der Waals surface area (Å²) in [6, 6.07) is 2.89. The van der Waals surface area contributed by atoms with Crippen LogP contribution in [-0.2, 0) is 9.53 Å². The van der Waals surface area contributed by atoms with Crippen molar-refractivity contribution in [2.45, 2.75) is 19.4 Å². The average Bonchev–Trinajstić information content (AvgIpc) is 2.76. The summed E-state index contributed by atoms with van der Waals surface area (Å²) in [6.45, 7) is 2.43. The maximum atomic E-state index is 11.9. The van der Waals surface area contributed by atoms with Gasteiger partial charge in [0.1, 0.15) is 5.69 Å². The van der Waals surface area contributed by atoms with Gasteiger partial charge >= 0.3 is 5.97 Å². The lowest BCUT2D eigenvalue weighted by Crippen LogP contribution is -2.27. The molecule has 0 saturated carbocycles. The first-order valence-corrected chi connectivity index (χ1v) is 5.70. The van der Waals surface area contributed by atoms with Crippen LogP contribution in [0.5, 0.6) is 0 Å². The second kappa shape index (κ2) is 5.14. The summed E-state index contributed by atoms with van der Waals surface area (Å²) in [5, 5.41) is 11.5. The average molecular weight is 250 g/mol. The Balaban J connectivity index is 2.07. The molecule has 2 heterocycles. The monoisotopic (exact) mass is 250 g/mol. The van der Waals surface area contributed by atoms with E-state index in [1.165, 1.54) is 12.3 Å². The highest BCUT2D eigenvalue weighted by molar-refractivity contribution is 5.94. The zero-order valence-electron chi connectivity index (χ0n) is 9.92. The summed E-state index contributed by atoms with van der Waals surface area (Å²) < 4.78 is 5.32. The lowest BCUT2D eigenvalue weighted by molar-refractivity contribution is -0.121. The van der Waals surface area contributed by atoms with Gasteiger partial charge in [0.15, 0.2) is 0 Å². The number of rotatable bonds is 3. The molecule has 0 aromatic carbocycles. The molecule has 1 aromatic heterocycles. The van der Waals surface area contributed by atoms with E-state index in [4.69, 9.17) is 9.84 Å². The highest BCUT2D eigenvalue weighted by atomic mass is 16.5. The third-order valence-electron chi connectivity index (χ3n) is 2.96. The molecule has 2 unspecified atom stereocenters. The van der Waals surface area contributed by atoms with E-state index in [0.717, 1.165) is 0 Å². The number of amides is 1. The Morgan fingerprint density at radius 1 is 1.56 bits per heavy atom. The zero-order chi connectivity index (χ0) is 13.1. The molecular weight excluding hydrogens is 236 g/mol. The van der Waals surface area contributed by atoms with Crippen molar-refractivity contribution in [1.82, 2.24) is 4.98 Å². The van der Waals surface area contributed by atoms with Gasteiger partial charge in [-0.1, -0.05) is 0 Å². The number of hydrogen-bond acceptors (Lipinski definition) is 4. The number of carbonyl (C=O) groups excluding carboxylic acids is 1. The van der Waals surface area contributed by atoms with E-state index in [2.05, 4.69) is 10.3 Å². The van der Waals surface area contributed by atoms with Crippen molar-refractivity contribution >= 4 is 17.6 Å². The quantitative estimate of drug-likeness (QED) is 0.839. The molecule has 0 radical (unpaired) electrons. The van der Waals surface area contributed by atoms with Gasteiger partial charge in [0.2, 0.25) is 5.91 Å². The number of nitrogens with one attached hydrogen (secondary N) is 1. The number of hydrogen-bond donors (Lipinski definition) is 2. The SMILES string of the molecule is CC1OCCC1C(=O)Nc1ccnc(C(=O)O)c1. The number of pyridine rings is 1. The van der Waals surface area contributed by atoms with Gasteiger partial charge in [0, 0.05) is 18.5 Å². The predicted octanol–water partition coefficient (Wildman–Crippen LogP) is 1.14. The molecule has 2 rings (SSSR count). The standard InChI is InChI=1S/C12H14N2O4/c1-7-9(3-5-18-7)11(15)14-8-2-4-13-10(6-8)12(16)17/h2,4,6-7,9H,3,5H2,1H3,(H,16,17)(H,13,14,15). The molecule has 1 saturated heterocycles. The maximum absolute atomic E-state index is 11.9. The maximum Gasteiger partial charge on any atom is 0.354 e. The van der Waals surface area contributed by atoms with Crippen molar-refractivity contribution in [3.63, 3.8) is 0 Å². The Labute approximate surface area is 104 Å². The fraction of sp³-hybridized carbons (Fsp3) is 0.417. The van der Waals surface area contributed by atoms with E-state index in [-0.39, 0.29) is 23.6 Å². The number of aromatic carboxylic acids is 1. The first-order chi connectivity index (χ1) is 8.58. The van der Waals surface area contributed by atoms with Crippen LogP contribution in [0.3, 0.4) is 0 Å². The highest BCUT2D eigenvalue weighted by Gasteiger charge is 2.30. The molecule has 1 aliphatic rings. The molecule has 0 bridgehead atoms. The molecular formula is C12H14N2O4. The zero-order valence-corrected chi connectivity index (χ0v) is 9.92. The first-order valence-electron chi connectivity index (χ1n) is 5.70. The molecule has 2 atom stereocenters. The van der Waals surface area contributed by atoms with Crippen molar-refractivity contribution in [2.24, 2.45) is 5.92 Å². The van der Waals surface area contributed by atoms with Crippen molar-refractivity contribution in [3.8, 4) is 0 Å². The molecule has 1 amide bonds. The molecule has 1 fully saturated rings. The van der Waals surface area contributed by atoms with Gasteiger partial charge in [0.25, 0.3) is 0 Å². The Morgan fingerprint density at radius 3 is 2.94 bits per heavy atom. The number of carbonyl (C=O) groups is 2. The van der Waals surface area contributed by atoms with Crippen LogP contribution < -0.4 is 5.32 Å². The number of ether oxygens (including phenoxy) is 1. The van der Waals surface area contributed by atoms with Crippen LogP contribution in [-0.4, -0.2) is 34.7 Å². The van der Waals surface area contributed by atoms with Crippen LogP contribution >= 0.6 is 0 Å². The predicted molar refractivity (Wildman–Crippen MR) is 63.3 cm³/mol. The van der Waals surface area contributed by atoms with Crippen molar-refractivity contribution < 1.29 is 19.4 Å². The topological polar surface area (TPSA) is 88.5 Å². The number of carboxylic acids is 1. The second-order valence-electron chi connectivity index (χ2n) is 4.20. The van der Waals surface area contributed by atoms with Gasteiger partial charge < -0.3 is 15.2 Å². The number of carboxylic acid groups (broad SMARTS) is 1. The highest BCUT2D eigenvalue weighted by Crippen LogP contribution is 2.22. The van der Waals surface area contributed by atoms with E-state index in [9.17, 15) is 9.59 Å². The van der Waals surface area contributed by atoms with E-state index in [0.29, 0.717) is 18.7 Å². The third kappa shape index (κ3) is 2.65. The lowest BCUT2D eigenvalue weighted by Gasteiger charge is -2.14. The van der Waals surface area contributed by atoms with Crippen LogP contribution in [0.25, 0.3) is 0 Å². The summed E-state index contributed by atoms with van der Waals surface area (Å²) >= 11 is 0. The van der Waals surface area contributed by atoms with Crippen LogP contribution in [0, 0.1) is 5.92 Å². The van der Waals surface area contributed by atoms with Crippen LogP contribution in [0.4, 0.5) is 5.69 Å². The van der Waals surface area contributed by atoms with Gasteiger partial charge in [-0.05, 0) is 25.5 Å². The molecule has 1 aliphatic heterocycles. The summed E-state index contributed by atoms with van der Waals surface area (Å²) in [6.07, 6.45) is 1.93. The van der Waals surface area contributed by atoms with E-state index in [1.807, 2.05) is 6.92 Å². The van der Waals surface area contributed by atoms with E-state index in [1.54, 1.807) is 6.07 Å². The largest absolute Gasteiger partial charge is 0.477 e. The Kier molecular flexibility index (Phi) is 3.57. The van der Waals surface area contributed by atoms with Crippen LogP contribution in [0.1, 0.15) is 23.8 Å². The third-order valence-corrected chi connectivity index (χ3v) is 2.96. The van der Waals surface area contributed by atoms with Gasteiger partial charge in [-0.15, -0.1) is 0 Å². The molecule has 96 valence electrons. The summed E-state index contributed by atoms with van der Waals surface area (Å²) in [7, 11) is 0. The van der Waals surface area contributed by atoms with Gasteiger partial charge in [-0.2, -0.15) is 0 Å². The lowest BCUT2D eigenvalue weighted by atomic mass is 10.0. The Morgan fingerprint density at radius 2 is 2.33 bits per heavy atom. The summed E-state index contributed by atoms with van der Waals surface area (Å²) in [5.41, 5.74) is 0.343. The van der Waals surface area contributed by atoms with Gasteiger partial charge in [-0.3, -0.25) is 4.79 Å². The molecule has 6 heteroatoms. The second-order valence-corrected chi connectivity index (χ2v) is 4.20. The summed E-state index contributed by atoms with van der Waals surface area (Å²) in [5.74, 6) is -1.46. The Hall–Kier alpha value is -1.95. The number of nitrogens with zero attached hydrogens (tertiary/aromatic N) is 1. The van der Waals surface area contributed by atoms with E-state index >= 15 is 0 Å². The van der Waals surface area contributed by atoms with Crippen LogP contribution in [0.2, 0.25) is 0 Å². The molecule has 18 heavy (non-hydrogen) atoms. The number of aromatic nitrogens is 1. The van der Waals surface area contributed by atoms with Crippen molar-refractivity contribution in [2.75, 3.05) is 11.9 Å². The molecule has 2 N–H and O–H groups in total. The molecule has 1 aromatic rings. The fourth-order valence-electron chi connectivity index (χ4n) is 1.94. The summed E-state index contributed by atoms with van der Waals surface area (Å²) in [4.78, 5) is 26.4. The minimum Gasteiger partial charge on any atom is -0.477 e. The van der Waals surface area contributed by atoms with Crippen molar-refractivity contribution in [3.05, 3.63) is 24.0 Å². The molecule has 0 aliphatic carbocycles. The minimum absolute atomic E-state index is 0.0940. The van der Waals surface area contributed by atoms with Crippen molar-refractivity contribution in [1.29, 1.82) is 0 Å². The van der Waals surface area contributed by atoms with E-state index < -0.39 is 5.97 Å². The van der Waals surface area contributed by atoms with Crippen LogP contribution in [0.15, 0.2) is 18.3 Å². The normalized spacial score (nSPS) is 22.7. The van der Waals surface area contributed by atoms with Gasteiger partial charge in [0.05, 0.1) is 12.0 Å². The minimum atomic E-state index is -1.12. The molecule has 6 nitrogen and oxygen atoms in total. The number of anilines is 1. The fourth-order valence-corrected chi connectivity index (χ4v) is 1.94. The first kappa shape index (κ1) is 12.5.